The van der Waals surface area contributed by atoms with Crippen LogP contribution in [0.4, 0.5) is 11.4 Å². The first-order valence-electron chi connectivity index (χ1n) is 5.81. The lowest BCUT2D eigenvalue weighted by Crippen LogP contribution is -2.13. The molecule has 1 amide bonds. The summed E-state index contributed by atoms with van der Waals surface area (Å²) < 4.78 is 5.03. The molecule has 2 aromatic rings. The minimum Gasteiger partial charge on any atom is -0.465 e. The summed E-state index contributed by atoms with van der Waals surface area (Å²) in [6.07, 6.45) is 2.73. The second kappa shape index (κ2) is 6.16. The van der Waals surface area contributed by atoms with E-state index in [1.807, 2.05) is 0 Å². The molecule has 1 heterocycles. The van der Waals surface area contributed by atoms with E-state index in [-0.39, 0.29) is 11.3 Å². The highest BCUT2D eigenvalue weighted by atomic mass is 16.6. The number of amides is 1. The van der Waals surface area contributed by atoms with Gasteiger partial charge < -0.3 is 9.73 Å². The van der Waals surface area contributed by atoms with Crippen LogP contribution in [0.25, 0.3) is 6.08 Å². The number of non-ortho nitro benzene ring substituents is 1. The Kier molecular flexibility index (Phi) is 4.11. The third-order valence-electron chi connectivity index (χ3n) is 2.53. The lowest BCUT2D eigenvalue weighted by molar-refractivity contribution is -0.384. The number of hydrogen-bond acceptors (Lipinski definition) is 5. The van der Waals surface area contributed by atoms with Gasteiger partial charge in [-0.1, -0.05) is 0 Å². The zero-order chi connectivity index (χ0) is 15.2. The van der Waals surface area contributed by atoms with E-state index in [4.69, 9.17) is 9.68 Å². The van der Waals surface area contributed by atoms with E-state index in [1.165, 1.54) is 36.6 Å². The van der Waals surface area contributed by atoms with Crippen LogP contribution in [0.15, 0.2) is 52.7 Å². The summed E-state index contributed by atoms with van der Waals surface area (Å²) in [7, 11) is 0. The van der Waals surface area contributed by atoms with E-state index in [0.29, 0.717) is 11.4 Å². The second-order valence-electron chi connectivity index (χ2n) is 3.94. The number of benzene rings is 1. The molecule has 1 aromatic carbocycles. The number of carbonyl (C=O) groups is 1. The molecule has 1 N–H and O–H groups in total. The number of anilines is 1. The summed E-state index contributed by atoms with van der Waals surface area (Å²) in [4.78, 5) is 21.9. The van der Waals surface area contributed by atoms with Gasteiger partial charge in [0.05, 0.1) is 11.2 Å². The maximum atomic E-state index is 11.9. The molecule has 0 radical (unpaired) electrons. The highest BCUT2D eigenvalue weighted by Crippen LogP contribution is 2.16. The van der Waals surface area contributed by atoms with Crippen molar-refractivity contribution in [3.05, 3.63) is 64.1 Å². The first-order chi connectivity index (χ1) is 10.1. The molecular formula is C14H9N3O4. The predicted octanol–water partition coefficient (Wildman–Crippen LogP) is 2.73. The number of furan rings is 1. The first-order valence-corrected chi connectivity index (χ1v) is 5.81. The summed E-state index contributed by atoms with van der Waals surface area (Å²) in [5, 5.41) is 22.0. The van der Waals surface area contributed by atoms with Gasteiger partial charge in [0.1, 0.15) is 17.4 Å². The fourth-order valence-electron chi connectivity index (χ4n) is 1.53. The summed E-state index contributed by atoms with van der Waals surface area (Å²) >= 11 is 0. The molecule has 0 aliphatic heterocycles. The molecule has 0 atom stereocenters. The topological polar surface area (TPSA) is 109 Å². The number of carbonyl (C=O) groups excluding carboxylic acids is 1. The standard InChI is InChI=1S/C14H9N3O4/c15-9-10(8-13-2-1-7-21-13)14(18)16-11-3-5-12(6-4-11)17(19)20/h1-8H,(H,16,18). The van der Waals surface area contributed by atoms with Crippen LogP contribution in [0, 0.1) is 21.4 Å². The quantitative estimate of drug-likeness (QED) is 0.401. The second-order valence-corrected chi connectivity index (χ2v) is 3.94. The van der Waals surface area contributed by atoms with Crippen LogP contribution >= 0.6 is 0 Å². The number of rotatable bonds is 4. The smallest absolute Gasteiger partial charge is 0.269 e. The molecule has 0 aliphatic rings. The van der Waals surface area contributed by atoms with Gasteiger partial charge in [-0.15, -0.1) is 0 Å². The fourth-order valence-corrected chi connectivity index (χ4v) is 1.53. The van der Waals surface area contributed by atoms with Crippen molar-refractivity contribution in [1.82, 2.24) is 0 Å². The summed E-state index contributed by atoms with van der Waals surface area (Å²) in [5.74, 6) is -0.242. The van der Waals surface area contributed by atoms with Gasteiger partial charge in [0, 0.05) is 23.9 Å². The van der Waals surface area contributed by atoms with Gasteiger partial charge in [0.15, 0.2) is 0 Å². The molecular weight excluding hydrogens is 274 g/mol. The Hall–Kier alpha value is -3.40. The molecule has 1 aromatic heterocycles. The molecule has 0 saturated carbocycles. The van der Waals surface area contributed by atoms with Crippen molar-refractivity contribution in [2.24, 2.45) is 0 Å². The summed E-state index contributed by atoms with van der Waals surface area (Å²) in [6, 6.07) is 10.3. The lowest BCUT2D eigenvalue weighted by atomic mass is 10.2. The number of nitrogens with one attached hydrogen (secondary N) is 1. The minimum absolute atomic E-state index is 0.0837. The zero-order valence-electron chi connectivity index (χ0n) is 10.6. The van der Waals surface area contributed by atoms with Crippen LogP contribution in [0.3, 0.4) is 0 Å². The van der Waals surface area contributed by atoms with E-state index in [2.05, 4.69) is 5.32 Å². The van der Waals surface area contributed by atoms with Gasteiger partial charge in [0.25, 0.3) is 11.6 Å². The zero-order valence-corrected chi connectivity index (χ0v) is 10.6. The first kappa shape index (κ1) is 14.0. The monoisotopic (exact) mass is 283 g/mol. The number of hydrogen-bond donors (Lipinski definition) is 1. The largest absolute Gasteiger partial charge is 0.465 e. The van der Waals surface area contributed by atoms with Crippen LogP contribution in [0.2, 0.25) is 0 Å². The average molecular weight is 283 g/mol. The van der Waals surface area contributed by atoms with Crippen molar-refractivity contribution in [1.29, 1.82) is 5.26 Å². The number of nitro benzene ring substituents is 1. The molecule has 0 aliphatic carbocycles. The van der Waals surface area contributed by atoms with Crippen LogP contribution in [-0.2, 0) is 4.79 Å². The SMILES string of the molecule is N#CC(=Cc1ccco1)C(=O)Nc1ccc([N+](=O)[O-])cc1. The molecule has 2 rings (SSSR count). The van der Waals surface area contributed by atoms with Gasteiger partial charge in [0.2, 0.25) is 0 Å². The third-order valence-corrected chi connectivity index (χ3v) is 2.53. The number of nitriles is 1. The van der Waals surface area contributed by atoms with Crippen LogP contribution in [0.5, 0.6) is 0 Å². The normalized spacial score (nSPS) is 10.7. The fraction of sp³-hybridized carbons (Fsp3) is 0. The van der Waals surface area contributed by atoms with Crippen molar-refractivity contribution in [3.8, 4) is 6.07 Å². The molecule has 7 heteroatoms. The van der Waals surface area contributed by atoms with Crippen molar-refractivity contribution in [2.75, 3.05) is 5.32 Å². The molecule has 0 fully saturated rings. The summed E-state index contributed by atoms with van der Waals surface area (Å²) in [5.41, 5.74) is 0.133. The van der Waals surface area contributed by atoms with Gasteiger partial charge in [-0.3, -0.25) is 14.9 Å². The number of nitrogens with zero attached hydrogens (tertiary/aromatic N) is 2. The Morgan fingerprint density at radius 2 is 2.05 bits per heavy atom. The van der Waals surface area contributed by atoms with E-state index in [0.717, 1.165) is 0 Å². The highest BCUT2D eigenvalue weighted by Gasteiger charge is 2.11. The van der Waals surface area contributed by atoms with Crippen LogP contribution in [0.1, 0.15) is 5.76 Å². The van der Waals surface area contributed by atoms with Crippen molar-refractivity contribution in [3.63, 3.8) is 0 Å². The van der Waals surface area contributed by atoms with Gasteiger partial charge in [-0.05, 0) is 24.3 Å². The predicted molar refractivity (Wildman–Crippen MR) is 74.0 cm³/mol. The Labute approximate surface area is 119 Å². The maximum Gasteiger partial charge on any atom is 0.269 e. The van der Waals surface area contributed by atoms with Crippen molar-refractivity contribution < 1.29 is 14.1 Å². The maximum absolute atomic E-state index is 11.9. The molecule has 0 spiro atoms. The van der Waals surface area contributed by atoms with E-state index in [1.54, 1.807) is 18.2 Å². The van der Waals surface area contributed by atoms with E-state index < -0.39 is 10.8 Å². The average Bonchev–Trinajstić information content (AvgIpc) is 2.98. The lowest BCUT2D eigenvalue weighted by Gasteiger charge is -2.03. The number of nitro groups is 1. The Morgan fingerprint density at radius 3 is 2.57 bits per heavy atom. The van der Waals surface area contributed by atoms with Gasteiger partial charge in [-0.25, -0.2) is 0 Å². The molecule has 104 valence electrons. The van der Waals surface area contributed by atoms with Gasteiger partial charge >= 0.3 is 0 Å². The third kappa shape index (κ3) is 3.54. The highest BCUT2D eigenvalue weighted by molar-refractivity contribution is 6.09. The molecule has 7 nitrogen and oxygen atoms in total. The molecule has 0 bridgehead atoms. The Bertz CT molecular complexity index is 725. The summed E-state index contributed by atoms with van der Waals surface area (Å²) in [6.45, 7) is 0. The molecule has 0 saturated heterocycles. The van der Waals surface area contributed by atoms with E-state index in [9.17, 15) is 14.9 Å². The van der Waals surface area contributed by atoms with Gasteiger partial charge in [-0.2, -0.15) is 5.26 Å². The van der Waals surface area contributed by atoms with Crippen molar-refractivity contribution in [2.45, 2.75) is 0 Å². The Balaban J connectivity index is 2.13. The Morgan fingerprint density at radius 1 is 1.33 bits per heavy atom. The van der Waals surface area contributed by atoms with Crippen LogP contribution in [-0.4, -0.2) is 10.8 Å². The minimum atomic E-state index is -0.622. The van der Waals surface area contributed by atoms with E-state index >= 15 is 0 Å². The molecule has 0 unspecified atom stereocenters. The van der Waals surface area contributed by atoms with Crippen LogP contribution < -0.4 is 5.32 Å². The molecule has 21 heavy (non-hydrogen) atoms. The van der Waals surface area contributed by atoms with Crippen molar-refractivity contribution >= 4 is 23.4 Å².